The molecule has 1 saturated heterocycles. The van der Waals surface area contributed by atoms with Crippen molar-refractivity contribution in [1.29, 1.82) is 5.26 Å². The first kappa shape index (κ1) is 21.4. The third kappa shape index (κ3) is 7.61. The second kappa shape index (κ2) is 11.9. The van der Waals surface area contributed by atoms with E-state index >= 15 is 0 Å². The smallest absolute Gasteiger partial charge is 0.0866 e. The van der Waals surface area contributed by atoms with Crippen LogP contribution in [0.25, 0.3) is 0 Å². The maximum absolute atomic E-state index is 8.54. The van der Waals surface area contributed by atoms with Crippen LogP contribution in [-0.2, 0) is 0 Å². The number of nitriles is 1. The Kier molecular flexibility index (Phi) is 11.6. The van der Waals surface area contributed by atoms with Gasteiger partial charge in [-0.1, -0.05) is 59.8 Å². The van der Waals surface area contributed by atoms with Gasteiger partial charge in [0.05, 0.1) is 12.6 Å². The molecule has 3 nitrogen and oxygen atoms in total. The highest BCUT2D eigenvalue weighted by Gasteiger charge is 2.43. The minimum atomic E-state index is 0.628. The van der Waals surface area contributed by atoms with Crippen molar-refractivity contribution in [2.75, 3.05) is 26.7 Å². The van der Waals surface area contributed by atoms with Crippen LogP contribution in [0.2, 0.25) is 0 Å². The molecule has 1 aliphatic carbocycles. The van der Waals surface area contributed by atoms with Gasteiger partial charge in [-0.2, -0.15) is 5.26 Å². The monoisotopic (exact) mass is 310 g/mol. The van der Waals surface area contributed by atoms with E-state index in [1.165, 1.54) is 58.0 Å². The molecule has 1 spiro atoms. The normalized spacial score (nSPS) is 21.5. The van der Waals surface area contributed by atoms with E-state index in [1.54, 1.807) is 0 Å². The van der Waals surface area contributed by atoms with Crippen molar-refractivity contribution >= 4 is 0 Å². The summed E-state index contributed by atoms with van der Waals surface area (Å²) in [6, 6.07) is 2.23. The lowest BCUT2D eigenvalue weighted by Crippen LogP contribution is -2.57. The predicted molar refractivity (Wildman–Crippen MR) is 94.6 cm³/mol. The van der Waals surface area contributed by atoms with Gasteiger partial charge < -0.3 is 5.11 Å². The summed E-state index contributed by atoms with van der Waals surface area (Å²) in [4.78, 5) is 2.27. The van der Waals surface area contributed by atoms with Crippen molar-refractivity contribution in [3.05, 3.63) is 0 Å². The van der Waals surface area contributed by atoms with E-state index in [0.29, 0.717) is 12.0 Å². The van der Waals surface area contributed by atoms with Gasteiger partial charge in [0.25, 0.3) is 0 Å². The summed E-state index contributed by atoms with van der Waals surface area (Å²) in [5.74, 6) is 1.89. The van der Waals surface area contributed by atoms with Gasteiger partial charge >= 0.3 is 0 Å². The van der Waals surface area contributed by atoms with Gasteiger partial charge in [-0.25, -0.2) is 0 Å². The first-order valence-electron chi connectivity index (χ1n) is 9.09. The fourth-order valence-electron chi connectivity index (χ4n) is 3.50. The van der Waals surface area contributed by atoms with Crippen LogP contribution in [0.1, 0.15) is 72.6 Å². The highest BCUT2D eigenvalue weighted by Crippen LogP contribution is 2.45. The van der Waals surface area contributed by atoms with Crippen LogP contribution in [0.15, 0.2) is 0 Å². The molecule has 0 bridgehead atoms. The quantitative estimate of drug-likeness (QED) is 0.780. The molecule has 130 valence electrons. The Morgan fingerprint density at radius 3 is 2.14 bits per heavy atom. The lowest BCUT2D eigenvalue weighted by atomic mass is 9.66. The number of hydrogen-bond acceptors (Lipinski definition) is 3. The second-order valence-corrected chi connectivity index (χ2v) is 7.29. The predicted octanol–water partition coefficient (Wildman–Crippen LogP) is 4.46. The summed E-state index contributed by atoms with van der Waals surface area (Å²) >= 11 is 0. The van der Waals surface area contributed by atoms with Crippen molar-refractivity contribution < 1.29 is 5.11 Å². The van der Waals surface area contributed by atoms with Crippen molar-refractivity contribution in [3.63, 3.8) is 0 Å². The molecular formula is C19H38N2O. The van der Waals surface area contributed by atoms with Gasteiger partial charge in [-0.15, -0.1) is 0 Å². The average molecular weight is 311 g/mol. The van der Waals surface area contributed by atoms with Gasteiger partial charge in [-0.3, -0.25) is 4.90 Å². The maximum Gasteiger partial charge on any atom is 0.0866 e. The zero-order valence-corrected chi connectivity index (χ0v) is 15.6. The zero-order valence-electron chi connectivity index (χ0n) is 15.6. The van der Waals surface area contributed by atoms with E-state index in [0.717, 1.165) is 18.9 Å². The number of likely N-dealkylation sites (tertiary alicyclic amines) is 1. The SMILES string of the molecule is CC1CCC2(CC1)CN(CC#N)C2.CCCC(C)CC.CO. The summed E-state index contributed by atoms with van der Waals surface area (Å²) in [6.45, 7) is 12.2. The molecule has 2 rings (SSSR count). The lowest BCUT2D eigenvalue weighted by Gasteiger charge is -2.52. The fraction of sp³-hybridized carbons (Fsp3) is 0.947. The first-order chi connectivity index (χ1) is 10.5. The molecule has 22 heavy (non-hydrogen) atoms. The maximum atomic E-state index is 8.54. The Morgan fingerprint density at radius 1 is 1.23 bits per heavy atom. The fourth-order valence-corrected chi connectivity index (χ4v) is 3.50. The zero-order chi connectivity index (χ0) is 17.0. The highest BCUT2D eigenvalue weighted by molar-refractivity contribution is 4.99. The average Bonchev–Trinajstić information content (AvgIpc) is 2.51. The molecule has 0 aromatic carbocycles. The van der Waals surface area contributed by atoms with Crippen molar-refractivity contribution in [2.45, 2.75) is 72.6 Å². The number of aliphatic hydroxyl groups is 1. The van der Waals surface area contributed by atoms with E-state index in [2.05, 4.69) is 38.7 Å². The van der Waals surface area contributed by atoms with Crippen LogP contribution in [0.3, 0.4) is 0 Å². The largest absolute Gasteiger partial charge is 0.400 e. The van der Waals surface area contributed by atoms with Crippen molar-refractivity contribution in [2.24, 2.45) is 17.3 Å². The van der Waals surface area contributed by atoms with Crippen LogP contribution in [0.5, 0.6) is 0 Å². The minimum Gasteiger partial charge on any atom is -0.400 e. The molecule has 1 atom stereocenters. The third-order valence-corrected chi connectivity index (χ3v) is 5.23. The Bertz CT molecular complexity index is 295. The summed E-state index contributed by atoms with van der Waals surface area (Å²) in [7, 11) is 1.00. The first-order valence-corrected chi connectivity index (χ1v) is 9.09. The molecule has 2 fully saturated rings. The van der Waals surface area contributed by atoms with Crippen LogP contribution in [0.4, 0.5) is 0 Å². The molecule has 0 aromatic rings. The Labute approximate surface area is 138 Å². The number of hydrogen-bond donors (Lipinski definition) is 1. The van der Waals surface area contributed by atoms with Gasteiger partial charge in [0.15, 0.2) is 0 Å². The Hall–Kier alpha value is -0.590. The summed E-state index contributed by atoms with van der Waals surface area (Å²) < 4.78 is 0. The van der Waals surface area contributed by atoms with Gasteiger partial charge in [-0.05, 0) is 30.1 Å². The van der Waals surface area contributed by atoms with E-state index in [1.807, 2.05) is 0 Å². The molecule has 1 saturated carbocycles. The summed E-state index contributed by atoms with van der Waals surface area (Å²) in [5, 5.41) is 15.5. The highest BCUT2D eigenvalue weighted by atomic mass is 16.2. The molecule has 2 aliphatic rings. The van der Waals surface area contributed by atoms with Crippen LogP contribution < -0.4 is 0 Å². The van der Waals surface area contributed by atoms with Gasteiger partial charge in [0.2, 0.25) is 0 Å². The van der Waals surface area contributed by atoms with Crippen LogP contribution >= 0.6 is 0 Å². The van der Waals surface area contributed by atoms with E-state index in [4.69, 9.17) is 10.4 Å². The minimum absolute atomic E-state index is 0.628. The van der Waals surface area contributed by atoms with Crippen LogP contribution in [-0.4, -0.2) is 36.8 Å². The number of rotatable bonds is 4. The topological polar surface area (TPSA) is 47.3 Å². The second-order valence-electron chi connectivity index (χ2n) is 7.29. The van der Waals surface area contributed by atoms with Gasteiger partial charge in [0, 0.05) is 20.2 Å². The number of aliphatic hydroxyl groups excluding tert-OH is 1. The molecule has 1 heterocycles. The molecule has 0 aromatic heterocycles. The standard InChI is InChI=1S/C11H18N2.C7H16.CH4O/c1-10-2-4-11(5-3-10)8-13(9-11)7-6-12;1-4-6-7(3)5-2;1-2/h10H,2-5,7-9H2,1H3;7H,4-6H2,1-3H3;2H,1H3. The van der Waals surface area contributed by atoms with E-state index in [9.17, 15) is 0 Å². The summed E-state index contributed by atoms with van der Waals surface area (Å²) in [5.41, 5.74) is 0.628. The Morgan fingerprint density at radius 2 is 1.77 bits per heavy atom. The molecule has 0 amide bonds. The lowest BCUT2D eigenvalue weighted by molar-refractivity contribution is -0.0279. The van der Waals surface area contributed by atoms with Crippen LogP contribution in [0, 0.1) is 28.6 Å². The van der Waals surface area contributed by atoms with E-state index < -0.39 is 0 Å². The van der Waals surface area contributed by atoms with E-state index in [-0.39, 0.29) is 0 Å². The van der Waals surface area contributed by atoms with Crippen molar-refractivity contribution in [3.8, 4) is 6.07 Å². The molecule has 0 radical (unpaired) electrons. The molecule has 1 aliphatic heterocycles. The van der Waals surface area contributed by atoms with Gasteiger partial charge in [0.1, 0.15) is 0 Å². The molecule has 3 heteroatoms. The molecule has 1 N–H and O–H groups in total. The molecule has 1 unspecified atom stereocenters. The third-order valence-electron chi connectivity index (χ3n) is 5.23. The number of nitrogens with zero attached hydrogens (tertiary/aromatic N) is 2. The van der Waals surface area contributed by atoms with Crippen molar-refractivity contribution in [1.82, 2.24) is 4.90 Å². The summed E-state index contributed by atoms with van der Waals surface area (Å²) in [6.07, 6.45) is 9.69. The molecular weight excluding hydrogens is 272 g/mol. The Balaban J connectivity index is 0.000000421.